The minimum absolute atomic E-state index is 0.0666. The molecule has 0 spiro atoms. The molecule has 0 bridgehead atoms. The van der Waals surface area contributed by atoms with Crippen molar-refractivity contribution in [2.24, 2.45) is 0 Å². The van der Waals surface area contributed by atoms with Gasteiger partial charge >= 0.3 is 0 Å². The molecule has 0 saturated carbocycles. The Kier molecular flexibility index (Phi) is 5.85. The van der Waals surface area contributed by atoms with E-state index in [1.807, 2.05) is 12.1 Å². The van der Waals surface area contributed by atoms with Crippen molar-refractivity contribution in [2.75, 3.05) is 0 Å². The van der Waals surface area contributed by atoms with Gasteiger partial charge in [0.25, 0.3) is 0 Å². The van der Waals surface area contributed by atoms with Crippen LogP contribution in [0.4, 0.5) is 0 Å². The second-order valence-corrected chi connectivity index (χ2v) is 12.7. The summed E-state index contributed by atoms with van der Waals surface area (Å²) in [6, 6.07) is 53.9. The highest BCUT2D eigenvalue weighted by Crippen LogP contribution is 2.51. The van der Waals surface area contributed by atoms with E-state index in [9.17, 15) is 0 Å². The van der Waals surface area contributed by atoms with Gasteiger partial charge in [-0.05, 0) is 70.8 Å². The molecule has 0 amide bonds. The molecule has 218 valence electrons. The van der Waals surface area contributed by atoms with E-state index in [2.05, 4.69) is 158 Å². The number of para-hydroxylation sites is 1. The lowest BCUT2D eigenvalue weighted by Gasteiger charge is -2.21. The van der Waals surface area contributed by atoms with Gasteiger partial charge in [0, 0.05) is 38.6 Å². The predicted molar refractivity (Wildman–Crippen MR) is 190 cm³/mol. The lowest BCUT2D eigenvalue weighted by atomic mass is 9.82. The molecule has 0 atom stereocenters. The first kappa shape index (κ1) is 26.6. The monoisotopic (exact) mass is 589 g/mol. The lowest BCUT2D eigenvalue weighted by molar-refractivity contribution is 0.661. The molecule has 0 radical (unpaired) electrons. The molecular formula is C43H31N3. The van der Waals surface area contributed by atoms with Crippen molar-refractivity contribution in [3.05, 3.63) is 163 Å². The van der Waals surface area contributed by atoms with Gasteiger partial charge in [0.1, 0.15) is 0 Å². The van der Waals surface area contributed by atoms with Crippen LogP contribution >= 0.6 is 0 Å². The van der Waals surface area contributed by atoms with Crippen molar-refractivity contribution in [2.45, 2.75) is 19.3 Å². The standard InChI is InChI=1S/C43H31N3/c1-43(2)36-19-11-9-17-32(36)34-25-35-33-18-10-12-20-40(33)46(41(35)26-37(34)43)31-23-21-30(22-24-31)42-44-38(28-13-5-3-6-14-28)27-39(45-42)29-15-7-4-8-16-29/h3-27H,1-2H3. The van der Waals surface area contributed by atoms with Crippen molar-refractivity contribution in [1.82, 2.24) is 14.5 Å². The van der Waals surface area contributed by atoms with Gasteiger partial charge in [-0.1, -0.05) is 117 Å². The summed E-state index contributed by atoms with van der Waals surface area (Å²) in [6.45, 7) is 4.69. The molecule has 1 aliphatic rings. The Hall–Kier alpha value is -5.80. The summed E-state index contributed by atoms with van der Waals surface area (Å²) in [4.78, 5) is 10.1. The summed E-state index contributed by atoms with van der Waals surface area (Å²) < 4.78 is 2.41. The van der Waals surface area contributed by atoms with Crippen LogP contribution in [0.2, 0.25) is 0 Å². The maximum atomic E-state index is 5.05. The third kappa shape index (κ3) is 4.05. The summed E-state index contributed by atoms with van der Waals surface area (Å²) >= 11 is 0. The van der Waals surface area contributed by atoms with Crippen LogP contribution in [0.5, 0.6) is 0 Å². The zero-order chi connectivity index (χ0) is 30.8. The van der Waals surface area contributed by atoms with Gasteiger partial charge in [0.05, 0.1) is 22.4 Å². The molecule has 9 rings (SSSR count). The van der Waals surface area contributed by atoms with E-state index in [1.54, 1.807) is 0 Å². The second kappa shape index (κ2) is 10.1. The fraction of sp³-hybridized carbons (Fsp3) is 0.0698. The summed E-state index contributed by atoms with van der Waals surface area (Å²) in [6.07, 6.45) is 0. The quantitative estimate of drug-likeness (QED) is 0.204. The fourth-order valence-corrected chi connectivity index (χ4v) is 7.29. The number of benzene rings is 6. The molecule has 3 heteroatoms. The Morgan fingerprint density at radius 2 is 1.07 bits per heavy atom. The molecule has 0 aliphatic heterocycles. The van der Waals surface area contributed by atoms with Crippen LogP contribution in [0, 0.1) is 0 Å². The maximum Gasteiger partial charge on any atom is 0.160 e. The highest BCUT2D eigenvalue weighted by atomic mass is 15.0. The molecule has 0 saturated heterocycles. The molecule has 0 unspecified atom stereocenters. The largest absolute Gasteiger partial charge is 0.309 e. The summed E-state index contributed by atoms with van der Waals surface area (Å²) in [5, 5.41) is 2.54. The van der Waals surface area contributed by atoms with E-state index >= 15 is 0 Å². The fourth-order valence-electron chi connectivity index (χ4n) is 7.29. The Labute approximate surface area is 268 Å². The Morgan fingerprint density at radius 1 is 0.457 bits per heavy atom. The first-order valence-electron chi connectivity index (χ1n) is 15.8. The normalized spacial score (nSPS) is 13.2. The first-order chi connectivity index (χ1) is 22.6. The zero-order valence-electron chi connectivity index (χ0n) is 25.8. The Morgan fingerprint density at radius 3 is 1.76 bits per heavy atom. The average molecular weight is 590 g/mol. The number of aromatic nitrogens is 3. The van der Waals surface area contributed by atoms with E-state index in [-0.39, 0.29) is 5.41 Å². The summed E-state index contributed by atoms with van der Waals surface area (Å²) in [7, 11) is 0. The van der Waals surface area contributed by atoms with Crippen LogP contribution in [-0.2, 0) is 5.41 Å². The average Bonchev–Trinajstić information content (AvgIpc) is 3.56. The predicted octanol–water partition coefficient (Wildman–Crippen LogP) is 10.9. The van der Waals surface area contributed by atoms with Crippen LogP contribution in [-0.4, -0.2) is 14.5 Å². The SMILES string of the molecule is CC1(C)c2ccccc2-c2cc3c4ccccc4n(-c4ccc(-c5nc(-c6ccccc6)cc(-c6ccccc6)n5)cc4)c3cc21. The minimum atomic E-state index is -0.0666. The molecular weight excluding hydrogens is 558 g/mol. The van der Waals surface area contributed by atoms with E-state index in [0.29, 0.717) is 5.82 Å². The summed E-state index contributed by atoms with van der Waals surface area (Å²) in [5.41, 5.74) is 13.9. The van der Waals surface area contributed by atoms with E-state index < -0.39 is 0 Å². The van der Waals surface area contributed by atoms with E-state index in [0.717, 1.165) is 33.8 Å². The minimum Gasteiger partial charge on any atom is -0.309 e. The number of hydrogen-bond acceptors (Lipinski definition) is 2. The molecule has 3 nitrogen and oxygen atoms in total. The molecule has 46 heavy (non-hydrogen) atoms. The van der Waals surface area contributed by atoms with Crippen molar-refractivity contribution in [3.63, 3.8) is 0 Å². The third-order valence-electron chi connectivity index (χ3n) is 9.62. The van der Waals surface area contributed by atoms with Crippen LogP contribution in [0.3, 0.4) is 0 Å². The van der Waals surface area contributed by atoms with Crippen molar-refractivity contribution in [1.29, 1.82) is 0 Å². The highest BCUT2D eigenvalue weighted by molar-refractivity contribution is 6.11. The van der Waals surface area contributed by atoms with Gasteiger partial charge in [0.15, 0.2) is 5.82 Å². The zero-order valence-corrected chi connectivity index (χ0v) is 25.8. The summed E-state index contributed by atoms with van der Waals surface area (Å²) in [5.74, 6) is 0.714. The maximum absolute atomic E-state index is 5.05. The molecule has 0 fully saturated rings. The third-order valence-corrected chi connectivity index (χ3v) is 9.62. The van der Waals surface area contributed by atoms with Crippen molar-refractivity contribution in [3.8, 4) is 50.7 Å². The van der Waals surface area contributed by atoms with Crippen LogP contribution in [0.15, 0.2) is 152 Å². The topological polar surface area (TPSA) is 30.7 Å². The van der Waals surface area contributed by atoms with E-state index in [4.69, 9.17) is 9.97 Å². The Bertz CT molecular complexity index is 2360. The molecule has 8 aromatic rings. The van der Waals surface area contributed by atoms with Crippen LogP contribution < -0.4 is 0 Å². The Balaban J connectivity index is 1.20. The van der Waals surface area contributed by atoms with Gasteiger partial charge in [-0.3, -0.25) is 0 Å². The number of hydrogen-bond donors (Lipinski definition) is 0. The van der Waals surface area contributed by atoms with E-state index in [1.165, 1.54) is 44.1 Å². The van der Waals surface area contributed by atoms with Crippen LogP contribution in [0.25, 0.3) is 72.5 Å². The number of nitrogens with zero attached hydrogens (tertiary/aromatic N) is 3. The van der Waals surface area contributed by atoms with Gasteiger partial charge in [0.2, 0.25) is 0 Å². The first-order valence-corrected chi connectivity index (χ1v) is 15.8. The molecule has 0 N–H and O–H groups in total. The lowest BCUT2D eigenvalue weighted by Crippen LogP contribution is -2.14. The van der Waals surface area contributed by atoms with Gasteiger partial charge in [-0.2, -0.15) is 0 Å². The number of rotatable bonds is 4. The van der Waals surface area contributed by atoms with Gasteiger partial charge in [-0.25, -0.2) is 9.97 Å². The van der Waals surface area contributed by atoms with Crippen molar-refractivity contribution < 1.29 is 0 Å². The number of fused-ring (bicyclic) bond motifs is 6. The molecule has 2 aromatic heterocycles. The molecule has 2 heterocycles. The van der Waals surface area contributed by atoms with Crippen molar-refractivity contribution >= 4 is 21.8 Å². The van der Waals surface area contributed by atoms with Crippen LogP contribution in [0.1, 0.15) is 25.0 Å². The molecule has 6 aromatic carbocycles. The highest BCUT2D eigenvalue weighted by Gasteiger charge is 2.36. The van der Waals surface area contributed by atoms with Gasteiger partial charge < -0.3 is 4.57 Å². The molecule has 1 aliphatic carbocycles. The smallest absolute Gasteiger partial charge is 0.160 e. The van der Waals surface area contributed by atoms with Gasteiger partial charge in [-0.15, -0.1) is 0 Å². The second-order valence-electron chi connectivity index (χ2n) is 12.7.